The molecule has 1 aliphatic rings. The van der Waals surface area contributed by atoms with Gasteiger partial charge in [0, 0.05) is 17.5 Å². The standard InChI is InChI=1S/C18H20O3/c1-10(2)14(19)9-11-6-7-12-13(8-11)17(21)15(16(12)20)18(3,4)5/h6-8,15H,1,9H2,2-5H3. The molecule has 0 saturated heterocycles. The molecule has 1 aromatic rings. The summed E-state index contributed by atoms with van der Waals surface area (Å²) < 4.78 is 0. The van der Waals surface area contributed by atoms with Gasteiger partial charge in [0.25, 0.3) is 0 Å². The zero-order valence-electron chi connectivity index (χ0n) is 12.9. The van der Waals surface area contributed by atoms with Crippen molar-refractivity contribution in [2.24, 2.45) is 11.3 Å². The van der Waals surface area contributed by atoms with Gasteiger partial charge in [0.2, 0.25) is 0 Å². The van der Waals surface area contributed by atoms with Gasteiger partial charge in [0.1, 0.15) is 0 Å². The molecule has 0 N–H and O–H groups in total. The number of ketones is 3. The highest BCUT2D eigenvalue weighted by molar-refractivity contribution is 6.26. The first-order valence-corrected chi connectivity index (χ1v) is 7.03. The van der Waals surface area contributed by atoms with Crippen molar-refractivity contribution in [3.05, 3.63) is 47.0 Å². The molecular weight excluding hydrogens is 264 g/mol. The van der Waals surface area contributed by atoms with Crippen molar-refractivity contribution < 1.29 is 14.4 Å². The fourth-order valence-electron chi connectivity index (χ4n) is 2.67. The maximum atomic E-state index is 12.5. The first-order valence-electron chi connectivity index (χ1n) is 7.03. The third kappa shape index (κ3) is 2.73. The Hall–Kier alpha value is -2.03. The number of rotatable bonds is 3. The lowest BCUT2D eigenvalue weighted by molar-refractivity contribution is -0.114. The maximum Gasteiger partial charge on any atom is 0.174 e. The summed E-state index contributed by atoms with van der Waals surface area (Å²) in [7, 11) is 0. The number of benzene rings is 1. The lowest BCUT2D eigenvalue weighted by Gasteiger charge is -2.23. The van der Waals surface area contributed by atoms with Gasteiger partial charge in [0.15, 0.2) is 17.3 Å². The Kier molecular flexibility index (Phi) is 3.70. The van der Waals surface area contributed by atoms with Gasteiger partial charge in [-0.05, 0) is 29.5 Å². The number of hydrogen-bond acceptors (Lipinski definition) is 3. The summed E-state index contributed by atoms with van der Waals surface area (Å²) in [6.07, 6.45) is 0.213. The average Bonchev–Trinajstić information content (AvgIpc) is 2.60. The number of carbonyl (C=O) groups is 3. The minimum Gasteiger partial charge on any atom is -0.294 e. The van der Waals surface area contributed by atoms with Crippen molar-refractivity contribution in [3.63, 3.8) is 0 Å². The third-order valence-corrected chi connectivity index (χ3v) is 3.85. The molecule has 0 amide bonds. The van der Waals surface area contributed by atoms with E-state index in [1.165, 1.54) is 0 Å². The summed E-state index contributed by atoms with van der Waals surface area (Å²) in [6, 6.07) is 5.10. The van der Waals surface area contributed by atoms with E-state index < -0.39 is 11.3 Å². The second kappa shape index (κ2) is 5.06. The van der Waals surface area contributed by atoms with E-state index in [1.807, 2.05) is 20.8 Å². The van der Waals surface area contributed by atoms with E-state index in [0.717, 1.165) is 5.56 Å². The molecule has 1 atom stereocenters. The van der Waals surface area contributed by atoms with Gasteiger partial charge in [-0.15, -0.1) is 0 Å². The predicted octanol–water partition coefficient (Wildman–Crippen LogP) is 3.42. The Labute approximate surface area is 125 Å². The van der Waals surface area contributed by atoms with Gasteiger partial charge >= 0.3 is 0 Å². The van der Waals surface area contributed by atoms with Crippen LogP contribution < -0.4 is 0 Å². The van der Waals surface area contributed by atoms with E-state index >= 15 is 0 Å². The molecule has 21 heavy (non-hydrogen) atoms. The molecular formula is C18H20O3. The summed E-state index contributed by atoms with van der Waals surface area (Å²) >= 11 is 0. The van der Waals surface area contributed by atoms with E-state index in [1.54, 1.807) is 25.1 Å². The third-order valence-electron chi connectivity index (χ3n) is 3.85. The van der Waals surface area contributed by atoms with Crippen LogP contribution in [0.2, 0.25) is 0 Å². The molecule has 3 nitrogen and oxygen atoms in total. The van der Waals surface area contributed by atoms with Crippen LogP contribution >= 0.6 is 0 Å². The molecule has 0 bridgehead atoms. The van der Waals surface area contributed by atoms with Gasteiger partial charge in [-0.25, -0.2) is 0 Å². The Bertz CT molecular complexity index is 660. The summed E-state index contributed by atoms with van der Waals surface area (Å²) in [6.45, 7) is 11.0. The average molecular weight is 284 g/mol. The van der Waals surface area contributed by atoms with Gasteiger partial charge in [-0.1, -0.05) is 39.5 Å². The van der Waals surface area contributed by atoms with Crippen LogP contribution in [0.5, 0.6) is 0 Å². The van der Waals surface area contributed by atoms with Gasteiger partial charge < -0.3 is 0 Å². The van der Waals surface area contributed by atoms with E-state index in [4.69, 9.17) is 0 Å². The zero-order chi connectivity index (χ0) is 15.9. The summed E-state index contributed by atoms with van der Waals surface area (Å²) in [5, 5.41) is 0. The number of carbonyl (C=O) groups excluding carboxylic acids is 3. The van der Waals surface area contributed by atoms with Crippen LogP contribution in [0.25, 0.3) is 0 Å². The second-order valence-corrected chi connectivity index (χ2v) is 6.79. The number of Topliss-reactive ketones (excluding diaryl/α,β-unsaturated/α-hetero) is 3. The minimum absolute atomic E-state index is 0.0564. The molecule has 0 aliphatic heterocycles. The van der Waals surface area contributed by atoms with Crippen LogP contribution in [-0.2, 0) is 11.2 Å². The first-order chi connectivity index (χ1) is 9.62. The largest absolute Gasteiger partial charge is 0.294 e. The summed E-state index contributed by atoms with van der Waals surface area (Å²) in [4.78, 5) is 36.6. The normalized spacial score (nSPS) is 17.8. The smallest absolute Gasteiger partial charge is 0.174 e. The molecule has 0 radical (unpaired) electrons. The molecule has 1 unspecified atom stereocenters. The number of hydrogen-bond donors (Lipinski definition) is 0. The monoisotopic (exact) mass is 284 g/mol. The van der Waals surface area contributed by atoms with Crippen LogP contribution in [0.3, 0.4) is 0 Å². The Morgan fingerprint density at radius 2 is 1.71 bits per heavy atom. The molecule has 0 fully saturated rings. The van der Waals surface area contributed by atoms with Crippen molar-refractivity contribution >= 4 is 17.3 Å². The maximum absolute atomic E-state index is 12.5. The minimum atomic E-state index is -0.625. The highest BCUT2D eigenvalue weighted by Gasteiger charge is 2.45. The molecule has 2 rings (SSSR count). The SMILES string of the molecule is C=C(C)C(=O)Cc1ccc2c(c1)C(=O)C(C(C)(C)C)C2=O. The highest BCUT2D eigenvalue weighted by atomic mass is 16.2. The van der Waals surface area contributed by atoms with Crippen LogP contribution in [0.15, 0.2) is 30.4 Å². The van der Waals surface area contributed by atoms with Crippen molar-refractivity contribution in [2.45, 2.75) is 34.1 Å². The number of fused-ring (bicyclic) bond motifs is 1. The van der Waals surface area contributed by atoms with E-state index in [2.05, 4.69) is 6.58 Å². The molecule has 1 aliphatic carbocycles. The lowest BCUT2D eigenvalue weighted by atomic mass is 9.78. The van der Waals surface area contributed by atoms with Crippen LogP contribution in [-0.4, -0.2) is 17.3 Å². The fraction of sp³-hybridized carbons (Fsp3) is 0.389. The van der Waals surface area contributed by atoms with Crippen molar-refractivity contribution in [2.75, 3.05) is 0 Å². The van der Waals surface area contributed by atoms with Gasteiger partial charge in [-0.2, -0.15) is 0 Å². The predicted molar refractivity (Wildman–Crippen MR) is 81.6 cm³/mol. The molecule has 1 aromatic carbocycles. The van der Waals surface area contributed by atoms with E-state index in [-0.39, 0.29) is 23.8 Å². The second-order valence-electron chi connectivity index (χ2n) is 6.79. The van der Waals surface area contributed by atoms with Crippen LogP contribution in [0, 0.1) is 11.3 Å². The van der Waals surface area contributed by atoms with Crippen LogP contribution in [0.1, 0.15) is 54.0 Å². The summed E-state index contributed by atoms with van der Waals surface area (Å²) in [5.41, 5.74) is 1.77. The lowest BCUT2D eigenvalue weighted by Crippen LogP contribution is -2.30. The molecule has 3 heteroatoms. The fourth-order valence-corrected chi connectivity index (χ4v) is 2.67. The number of allylic oxidation sites excluding steroid dienone is 1. The van der Waals surface area contributed by atoms with Gasteiger partial charge in [0.05, 0.1) is 5.92 Å². The zero-order valence-corrected chi connectivity index (χ0v) is 12.9. The van der Waals surface area contributed by atoms with Crippen molar-refractivity contribution in [3.8, 4) is 0 Å². The highest BCUT2D eigenvalue weighted by Crippen LogP contribution is 2.38. The van der Waals surface area contributed by atoms with Crippen molar-refractivity contribution in [1.29, 1.82) is 0 Å². The molecule has 0 heterocycles. The molecule has 0 saturated carbocycles. The Morgan fingerprint density at radius 1 is 1.14 bits per heavy atom. The van der Waals surface area contributed by atoms with Crippen molar-refractivity contribution in [1.82, 2.24) is 0 Å². The van der Waals surface area contributed by atoms with Gasteiger partial charge in [-0.3, -0.25) is 14.4 Å². The van der Waals surface area contributed by atoms with Crippen LogP contribution in [0.4, 0.5) is 0 Å². The summed E-state index contributed by atoms with van der Waals surface area (Å²) in [5.74, 6) is -0.925. The molecule has 0 spiro atoms. The quantitative estimate of drug-likeness (QED) is 0.631. The first kappa shape index (κ1) is 15.4. The molecule has 0 aromatic heterocycles. The Balaban J connectivity index is 2.39. The van der Waals surface area contributed by atoms with E-state index in [0.29, 0.717) is 16.7 Å². The van der Waals surface area contributed by atoms with E-state index in [9.17, 15) is 14.4 Å². The molecule has 110 valence electrons. The topological polar surface area (TPSA) is 51.2 Å². The Morgan fingerprint density at radius 3 is 2.24 bits per heavy atom.